The maximum absolute atomic E-state index is 13.9. The van der Waals surface area contributed by atoms with Gasteiger partial charge in [0.15, 0.2) is 0 Å². The quantitative estimate of drug-likeness (QED) is 0.281. The van der Waals surface area contributed by atoms with Crippen molar-refractivity contribution >= 4 is 17.7 Å². The number of alkyl halides is 3. The Bertz CT molecular complexity index is 940. The number of carbonyl (C=O) groups excluding carboxylic acids is 1. The predicted molar refractivity (Wildman–Crippen MR) is 140 cm³/mol. The number of hydrogen-bond donors (Lipinski definition) is 3. The van der Waals surface area contributed by atoms with E-state index < -0.39 is 42.4 Å². The maximum Gasteiger partial charge on any atom is 0.403 e. The average molecular weight is 559 g/mol. The van der Waals surface area contributed by atoms with Crippen molar-refractivity contribution in [1.82, 2.24) is 15.2 Å². The van der Waals surface area contributed by atoms with Crippen LogP contribution in [0.4, 0.5) is 19.0 Å². The Kier molecular flexibility index (Phi) is 11.8. The van der Waals surface area contributed by atoms with Crippen molar-refractivity contribution in [1.29, 1.82) is 0 Å². The van der Waals surface area contributed by atoms with Gasteiger partial charge in [0, 0.05) is 45.1 Å². The largest absolute Gasteiger partial charge is 0.480 e. The third-order valence-corrected chi connectivity index (χ3v) is 7.53. The highest BCUT2D eigenvalue weighted by atomic mass is 19.4. The molecule has 39 heavy (non-hydrogen) atoms. The summed E-state index contributed by atoms with van der Waals surface area (Å²) in [5.41, 5.74) is -0.372. The topological polar surface area (TPSA) is 113 Å². The van der Waals surface area contributed by atoms with Crippen LogP contribution in [-0.4, -0.2) is 91.7 Å². The van der Waals surface area contributed by atoms with Crippen LogP contribution < -0.4 is 10.6 Å². The third kappa shape index (κ3) is 8.77. The zero-order chi connectivity index (χ0) is 28.3. The number of fused-ring (bicyclic) bond motifs is 1. The van der Waals surface area contributed by atoms with Crippen molar-refractivity contribution in [2.24, 2.45) is 5.41 Å². The van der Waals surface area contributed by atoms with Gasteiger partial charge >= 0.3 is 12.1 Å². The molecule has 0 spiro atoms. The van der Waals surface area contributed by atoms with Crippen molar-refractivity contribution in [3.63, 3.8) is 0 Å². The number of aliphatic carboxylic acids is 1. The molecule has 9 nitrogen and oxygen atoms in total. The summed E-state index contributed by atoms with van der Waals surface area (Å²) in [5.74, 6) is -1.69. The number of halogens is 3. The highest BCUT2D eigenvalue weighted by Crippen LogP contribution is 2.46. The van der Waals surface area contributed by atoms with Crippen molar-refractivity contribution in [3.05, 3.63) is 23.4 Å². The van der Waals surface area contributed by atoms with Crippen LogP contribution >= 0.6 is 0 Å². The number of carbonyl (C=O) groups is 2. The number of amides is 1. The van der Waals surface area contributed by atoms with Gasteiger partial charge in [-0.3, -0.25) is 4.79 Å². The molecule has 3 rings (SSSR count). The molecule has 1 aromatic heterocycles. The molecule has 12 heteroatoms. The Labute approximate surface area is 227 Å². The molecule has 0 bridgehead atoms. The lowest BCUT2D eigenvalue weighted by atomic mass is 9.78. The van der Waals surface area contributed by atoms with E-state index in [9.17, 15) is 27.9 Å². The standard InChI is InChI=1S/C27H41F3N4O5/c1-2-38-19-16-34(14-4-3-7-21-9-8-20-6-5-13-31-23(20)32-21)15-10-22(24(35)36)33-25(37)26(27(28,29)30)11-17-39-18-12-26/h8-9,22H,2-7,10-19H2,1H3,(H,31,32)(H,33,37)(H,35,36). The summed E-state index contributed by atoms with van der Waals surface area (Å²) >= 11 is 0. The molecule has 1 fully saturated rings. The van der Waals surface area contributed by atoms with E-state index in [1.807, 2.05) is 11.8 Å². The number of unbranched alkanes of at least 4 members (excludes halogenated alkanes) is 1. The fourth-order valence-corrected chi connectivity index (χ4v) is 5.05. The van der Waals surface area contributed by atoms with E-state index in [1.165, 1.54) is 5.56 Å². The fourth-order valence-electron chi connectivity index (χ4n) is 5.05. The monoisotopic (exact) mass is 558 g/mol. The molecular formula is C27H41F3N4O5. The van der Waals surface area contributed by atoms with E-state index in [0.29, 0.717) is 32.8 Å². The van der Waals surface area contributed by atoms with Crippen molar-refractivity contribution in [2.45, 2.75) is 70.5 Å². The summed E-state index contributed by atoms with van der Waals surface area (Å²) in [7, 11) is 0. The molecule has 2 aliphatic heterocycles. The minimum Gasteiger partial charge on any atom is -0.480 e. The highest BCUT2D eigenvalue weighted by Gasteiger charge is 2.60. The normalized spacial score (nSPS) is 17.8. The number of carboxylic acids is 1. The van der Waals surface area contributed by atoms with Gasteiger partial charge in [0.2, 0.25) is 5.91 Å². The number of ether oxygens (including phenoxy) is 2. The SMILES string of the molecule is CCOCCN(CCCCc1ccc2c(n1)NCCC2)CCC(NC(=O)C1(C(F)(F)F)CCOCC1)C(=O)O. The second-order valence-electron chi connectivity index (χ2n) is 10.2. The van der Waals surface area contributed by atoms with Gasteiger partial charge in [0.05, 0.1) is 6.61 Å². The van der Waals surface area contributed by atoms with E-state index in [2.05, 4.69) is 22.8 Å². The van der Waals surface area contributed by atoms with Gasteiger partial charge in [-0.25, -0.2) is 9.78 Å². The van der Waals surface area contributed by atoms with Crippen LogP contribution in [0.5, 0.6) is 0 Å². The lowest BCUT2D eigenvalue weighted by Crippen LogP contribution is -2.57. The number of nitrogens with zero attached hydrogens (tertiary/aromatic N) is 2. The van der Waals surface area contributed by atoms with Crippen LogP contribution in [0.25, 0.3) is 0 Å². The number of carboxylic acid groups (broad SMARTS) is 1. The molecular weight excluding hydrogens is 517 g/mol. The van der Waals surface area contributed by atoms with Gasteiger partial charge in [0.25, 0.3) is 0 Å². The molecule has 2 aliphatic rings. The van der Waals surface area contributed by atoms with Gasteiger partial charge in [-0.05, 0) is 76.5 Å². The van der Waals surface area contributed by atoms with Gasteiger partial charge < -0.3 is 30.1 Å². The summed E-state index contributed by atoms with van der Waals surface area (Å²) in [6, 6.07) is 2.76. The number of pyridine rings is 1. The number of rotatable bonds is 15. The molecule has 3 heterocycles. The van der Waals surface area contributed by atoms with Gasteiger partial charge in [-0.1, -0.05) is 6.07 Å². The fraction of sp³-hybridized carbons (Fsp3) is 0.741. The minimum absolute atomic E-state index is 0.0182. The van der Waals surface area contributed by atoms with Crippen molar-refractivity contribution in [3.8, 4) is 0 Å². The summed E-state index contributed by atoms with van der Waals surface area (Å²) in [5, 5.41) is 15.2. The number of anilines is 1. The van der Waals surface area contributed by atoms with Gasteiger partial charge in [0.1, 0.15) is 17.3 Å². The maximum atomic E-state index is 13.9. The molecule has 1 amide bonds. The second kappa shape index (κ2) is 14.8. The van der Waals surface area contributed by atoms with Crippen LogP contribution in [0.3, 0.4) is 0 Å². The molecule has 3 N–H and O–H groups in total. The number of hydrogen-bond acceptors (Lipinski definition) is 7. The highest BCUT2D eigenvalue weighted by molar-refractivity contribution is 5.88. The first-order valence-corrected chi connectivity index (χ1v) is 13.9. The summed E-state index contributed by atoms with van der Waals surface area (Å²) in [6.07, 6.45) is -1.19. The lowest BCUT2D eigenvalue weighted by molar-refractivity contribution is -0.240. The first-order valence-electron chi connectivity index (χ1n) is 13.9. The first-order chi connectivity index (χ1) is 18.7. The van der Waals surface area contributed by atoms with Crippen molar-refractivity contribution in [2.75, 3.05) is 57.9 Å². The first kappa shape index (κ1) is 31.1. The van der Waals surface area contributed by atoms with Crippen LogP contribution in [0.1, 0.15) is 56.7 Å². The van der Waals surface area contributed by atoms with Gasteiger partial charge in [-0.15, -0.1) is 0 Å². The van der Waals surface area contributed by atoms with Crippen LogP contribution in [-0.2, 0) is 31.9 Å². The zero-order valence-electron chi connectivity index (χ0n) is 22.7. The molecule has 0 aliphatic carbocycles. The molecule has 0 radical (unpaired) electrons. The molecule has 1 saturated heterocycles. The smallest absolute Gasteiger partial charge is 0.403 e. The zero-order valence-corrected chi connectivity index (χ0v) is 22.7. The van der Waals surface area contributed by atoms with E-state index in [1.54, 1.807) is 0 Å². The average Bonchev–Trinajstić information content (AvgIpc) is 2.92. The van der Waals surface area contributed by atoms with E-state index in [4.69, 9.17) is 14.5 Å². The summed E-state index contributed by atoms with van der Waals surface area (Å²) < 4.78 is 52.1. The molecule has 220 valence electrons. The Morgan fingerprint density at radius 3 is 2.69 bits per heavy atom. The lowest BCUT2D eigenvalue weighted by Gasteiger charge is -2.38. The van der Waals surface area contributed by atoms with E-state index in [0.717, 1.165) is 50.2 Å². The summed E-state index contributed by atoms with van der Waals surface area (Å²) in [6.45, 7) is 4.93. The Morgan fingerprint density at radius 2 is 2.00 bits per heavy atom. The van der Waals surface area contributed by atoms with E-state index in [-0.39, 0.29) is 19.6 Å². The third-order valence-electron chi connectivity index (χ3n) is 7.53. The molecule has 0 saturated carbocycles. The number of nitrogens with one attached hydrogen (secondary N) is 2. The number of aryl methyl sites for hydroxylation is 2. The van der Waals surface area contributed by atoms with E-state index >= 15 is 0 Å². The predicted octanol–water partition coefficient (Wildman–Crippen LogP) is 3.42. The Balaban J connectivity index is 1.53. The van der Waals surface area contributed by atoms with Crippen molar-refractivity contribution < 1.29 is 37.3 Å². The molecule has 0 aromatic carbocycles. The second-order valence-corrected chi connectivity index (χ2v) is 10.2. The van der Waals surface area contributed by atoms with Gasteiger partial charge in [-0.2, -0.15) is 13.2 Å². The van der Waals surface area contributed by atoms with Crippen LogP contribution in [0.2, 0.25) is 0 Å². The molecule has 1 atom stereocenters. The van der Waals surface area contributed by atoms with Crippen LogP contribution in [0, 0.1) is 5.41 Å². The Hall–Kier alpha value is -2.44. The molecule has 1 unspecified atom stereocenters. The van der Waals surface area contributed by atoms with Crippen LogP contribution in [0.15, 0.2) is 12.1 Å². The number of aromatic nitrogens is 1. The minimum atomic E-state index is -4.80. The Morgan fingerprint density at radius 1 is 1.23 bits per heavy atom. The molecule has 1 aromatic rings. The summed E-state index contributed by atoms with van der Waals surface area (Å²) in [4.78, 5) is 31.4.